The Labute approximate surface area is 133 Å². The lowest BCUT2D eigenvalue weighted by molar-refractivity contribution is -0.137. The third-order valence-electron chi connectivity index (χ3n) is 3.06. The largest absolute Gasteiger partial charge is 0.416 e. The summed E-state index contributed by atoms with van der Waals surface area (Å²) in [4.78, 5) is 13.8. The van der Waals surface area contributed by atoms with Gasteiger partial charge in [-0.05, 0) is 18.2 Å². The van der Waals surface area contributed by atoms with Crippen molar-refractivity contribution >= 4 is 11.6 Å². The number of benzene rings is 1. The average Bonchev–Trinajstić information content (AvgIpc) is 2.49. The number of hydrogen-bond donors (Lipinski definition) is 1. The number of carbonyl (C=O) groups is 1. The average molecular weight is 334 g/mol. The zero-order valence-corrected chi connectivity index (χ0v) is 13.2. The molecule has 5 nitrogen and oxygen atoms in total. The Kier molecular flexibility index (Phi) is 8.01. The zero-order chi connectivity index (χ0) is 17.3. The first-order valence-electron chi connectivity index (χ1n) is 7.04. The van der Waals surface area contributed by atoms with Crippen molar-refractivity contribution in [2.75, 3.05) is 52.4 Å². The molecule has 0 atom stereocenters. The second-order valence-corrected chi connectivity index (χ2v) is 4.89. The summed E-state index contributed by atoms with van der Waals surface area (Å²) in [5, 5.41) is 2.48. The van der Waals surface area contributed by atoms with Gasteiger partial charge in [-0.25, -0.2) is 0 Å². The van der Waals surface area contributed by atoms with Crippen LogP contribution in [-0.4, -0.2) is 57.9 Å². The normalized spacial score (nSPS) is 11.7. The van der Waals surface area contributed by atoms with Crippen LogP contribution in [0.3, 0.4) is 0 Å². The minimum atomic E-state index is -4.44. The summed E-state index contributed by atoms with van der Waals surface area (Å²) in [5.41, 5.74) is -0.686. The molecule has 0 bridgehead atoms. The highest BCUT2D eigenvalue weighted by atomic mass is 19.4. The predicted molar refractivity (Wildman–Crippen MR) is 80.3 cm³/mol. The van der Waals surface area contributed by atoms with Crippen molar-refractivity contribution in [2.24, 2.45) is 0 Å². The van der Waals surface area contributed by atoms with Crippen molar-refractivity contribution in [3.8, 4) is 0 Å². The van der Waals surface area contributed by atoms with Crippen molar-refractivity contribution in [1.29, 1.82) is 0 Å². The fourth-order valence-corrected chi connectivity index (χ4v) is 1.89. The Balaban J connectivity index is 2.63. The molecular weight excluding hydrogens is 313 g/mol. The first-order valence-corrected chi connectivity index (χ1v) is 7.04. The quantitative estimate of drug-likeness (QED) is 0.752. The summed E-state index contributed by atoms with van der Waals surface area (Å²) in [7, 11) is 3.11. The van der Waals surface area contributed by atoms with Crippen LogP contribution < -0.4 is 5.32 Å². The van der Waals surface area contributed by atoms with E-state index in [4.69, 9.17) is 9.47 Å². The van der Waals surface area contributed by atoms with Crippen LogP contribution in [0.25, 0.3) is 0 Å². The molecule has 130 valence electrons. The Morgan fingerprint density at radius 1 is 1.17 bits per heavy atom. The SMILES string of the molecule is COCCN(CCOC)CC(=O)Nc1cccc(C(F)(F)F)c1. The van der Waals surface area contributed by atoms with Gasteiger partial charge in [0.15, 0.2) is 0 Å². The van der Waals surface area contributed by atoms with Gasteiger partial charge in [-0.1, -0.05) is 6.07 Å². The lowest BCUT2D eigenvalue weighted by atomic mass is 10.2. The summed E-state index contributed by atoms with van der Waals surface area (Å²) >= 11 is 0. The fourth-order valence-electron chi connectivity index (χ4n) is 1.89. The molecule has 0 heterocycles. The van der Waals surface area contributed by atoms with Crippen LogP contribution in [0, 0.1) is 0 Å². The number of rotatable bonds is 9. The van der Waals surface area contributed by atoms with Gasteiger partial charge in [0.2, 0.25) is 5.91 Å². The lowest BCUT2D eigenvalue weighted by Crippen LogP contribution is -2.37. The summed E-state index contributed by atoms with van der Waals surface area (Å²) in [6, 6.07) is 4.54. The van der Waals surface area contributed by atoms with Gasteiger partial charge in [0.05, 0.1) is 25.3 Å². The fraction of sp³-hybridized carbons (Fsp3) is 0.533. The van der Waals surface area contributed by atoms with E-state index in [-0.39, 0.29) is 12.2 Å². The smallest absolute Gasteiger partial charge is 0.383 e. The maximum absolute atomic E-state index is 12.6. The highest BCUT2D eigenvalue weighted by molar-refractivity contribution is 5.92. The van der Waals surface area contributed by atoms with E-state index in [9.17, 15) is 18.0 Å². The van der Waals surface area contributed by atoms with E-state index in [1.807, 2.05) is 0 Å². The number of hydrogen-bond acceptors (Lipinski definition) is 4. The second-order valence-electron chi connectivity index (χ2n) is 4.89. The van der Waals surface area contributed by atoms with Crippen LogP contribution in [0.2, 0.25) is 0 Å². The maximum atomic E-state index is 12.6. The Hall–Kier alpha value is -1.64. The number of ether oxygens (including phenoxy) is 2. The Morgan fingerprint density at radius 3 is 2.30 bits per heavy atom. The molecule has 0 aliphatic rings. The molecule has 1 aromatic carbocycles. The monoisotopic (exact) mass is 334 g/mol. The van der Waals surface area contributed by atoms with Crippen LogP contribution in [0.15, 0.2) is 24.3 Å². The minimum Gasteiger partial charge on any atom is -0.383 e. The zero-order valence-electron chi connectivity index (χ0n) is 13.2. The van der Waals surface area contributed by atoms with Gasteiger partial charge in [0, 0.05) is 33.0 Å². The molecule has 1 amide bonds. The van der Waals surface area contributed by atoms with Gasteiger partial charge in [-0.2, -0.15) is 13.2 Å². The van der Waals surface area contributed by atoms with Crippen LogP contribution >= 0.6 is 0 Å². The molecular formula is C15H21F3N2O3. The van der Waals surface area contributed by atoms with Crippen molar-refractivity contribution in [3.63, 3.8) is 0 Å². The van der Waals surface area contributed by atoms with Crippen LogP contribution in [0.1, 0.15) is 5.56 Å². The third-order valence-corrected chi connectivity index (χ3v) is 3.06. The van der Waals surface area contributed by atoms with Crippen molar-refractivity contribution in [1.82, 2.24) is 4.90 Å². The molecule has 1 aromatic rings. The first-order chi connectivity index (χ1) is 10.9. The summed E-state index contributed by atoms with van der Waals surface area (Å²) in [6.07, 6.45) is -4.44. The summed E-state index contributed by atoms with van der Waals surface area (Å²) in [6.45, 7) is 1.98. The van der Waals surface area contributed by atoms with E-state index >= 15 is 0 Å². The van der Waals surface area contributed by atoms with E-state index in [2.05, 4.69) is 5.32 Å². The topological polar surface area (TPSA) is 50.8 Å². The predicted octanol–water partition coefficient (Wildman–Crippen LogP) is 2.24. The number of alkyl halides is 3. The van der Waals surface area contributed by atoms with Gasteiger partial charge in [-0.15, -0.1) is 0 Å². The molecule has 23 heavy (non-hydrogen) atoms. The molecule has 0 radical (unpaired) electrons. The Morgan fingerprint density at radius 2 is 1.78 bits per heavy atom. The molecule has 1 rings (SSSR count). The first kappa shape index (κ1) is 19.4. The van der Waals surface area contributed by atoms with Gasteiger partial charge < -0.3 is 14.8 Å². The highest BCUT2D eigenvalue weighted by Crippen LogP contribution is 2.30. The van der Waals surface area contributed by atoms with Crippen molar-refractivity contribution < 1.29 is 27.4 Å². The molecule has 0 unspecified atom stereocenters. The molecule has 0 aliphatic carbocycles. The highest BCUT2D eigenvalue weighted by Gasteiger charge is 2.30. The van der Waals surface area contributed by atoms with Crippen molar-refractivity contribution in [3.05, 3.63) is 29.8 Å². The number of nitrogens with zero attached hydrogens (tertiary/aromatic N) is 1. The molecule has 0 spiro atoms. The molecule has 0 fully saturated rings. The number of halogens is 3. The molecule has 0 saturated heterocycles. The van der Waals surface area contributed by atoms with Gasteiger partial charge >= 0.3 is 6.18 Å². The van der Waals surface area contributed by atoms with Gasteiger partial charge in [0.1, 0.15) is 0 Å². The van der Waals surface area contributed by atoms with E-state index in [1.165, 1.54) is 12.1 Å². The van der Waals surface area contributed by atoms with E-state index < -0.39 is 17.6 Å². The van der Waals surface area contributed by atoms with Crippen LogP contribution in [-0.2, 0) is 20.4 Å². The maximum Gasteiger partial charge on any atom is 0.416 e. The second kappa shape index (κ2) is 9.49. The number of methoxy groups -OCH3 is 2. The van der Waals surface area contributed by atoms with Gasteiger partial charge in [-0.3, -0.25) is 9.69 Å². The minimum absolute atomic E-state index is 0.0446. The van der Waals surface area contributed by atoms with Crippen LogP contribution in [0.4, 0.5) is 18.9 Å². The third kappa shape index (κ3) is 7.45. The van der Waals surface area contributed by atoms with E-state index in [0.29, 0.717) is 26.3 Å². The summed E-state index contributed by atoms with van der Waals surface area (Å²) < 4.78 is 47.9. The number of amides is 1. The Bertz CT molecular complexity index is 487. The molecule has 0 saturated carbocycles. The van der Waals surface area contributed by atoms with Crippen molar-refractivity contribution in [2.45, 2.75) is 6.18 Å². The summed E-state index contributed by atoms with van der Waals surface area (Å²) in [5.74, 6) is -0.392. The molecule has 0 aromatic heterocycles. The lowest BCUT2D eigenvalue weighted by Gasteiger charge is -2.21. The van der Waals surface area contributed by atoms with Crippen LogP contribution in [0.5, 0.6) is 0 Å². The van der Waals surface area contributed by atoms with E-state index in [0.717, 1.165) is 12.1 Å². The number of nitrogens with one attached hydrogen (secondary N) is 1. The molecule has 8 heteroatoms. The van der Waals surface area contributed by atoms with Gasteiger partial charge in [0.25, 0.3) is 0 Å². The number of anilines is 1. The standard InChI is InChI=1S/C15H21F3N2O3/c1-22-8-6-20(7-9-23-2)11-14(21)19-13-5-3-4-12(10-13)15(16,17)18/h3-5,10H,6-9,11H2,1-2H3,(H,19,21). The van der Waals surface area contributed by atoms with E-state index in [1.54, 1.807) is 19.1 Å². The molecule has 0 aliphatic heterocycles. The number of carbonyl (C=O) groups excluding carboxylic acids is 1. The molecule has 1 N–H and O–H groups in total.